The molecule has 0 radical (unpaired) electrons. The molecule has 3 nitrogen and oxygen atoms in total. The Hall–Kier alpha value is -2.43. The molecular formula is C27H28BrNO2. The van der Waals surface area contributed by atoms with Gasteiger partial charge in [-0.1, -0.05) is 95.1 Å². The molecule has 4 rings (SSSR count). The third kappa shape index (κ3) is 5.84. The Morgan fingerprint density at radius 1 is 0.774 bits per heavy atom. The minimum Gasteiger partial charge on any atom is -0.452 e. The Balaban J connectivity index is 1.56. The van der Waals surface area contributed by atoms with Crippen molar-refractivity contribution in [3.8, 4) is 0 Å². The molecule has 0 saturated carbocycles. The fourth-order valence-corrected chi connectivity index (χ4v) is 4.56. The van der Waals surface area contributed by atoms with Crippen molar-refractivity contribution in [3.63, 3.8) is 0 Å². The Morgan fingerprint density at radius 2 is 1.32 bits per heavy atom. The van der Waals surface area contributed by atoms with Crippen molar-refractivity contribution in [1.82, 2.24) is 4.90 Å². The smallest absolute Gasteiger partial charge is 0.308 e. The number of esters is 1. The van der Waals surface area contributed by atoms with Crippen LogP contribution in [0.3, 0.4) is 0 Å². The van der Waals surface area contributed by atoms with Crippen LogP contribution < -0.4 is 0 Å². The average Bonchev–Trinajstić information content (AvgIpc) is 2.83. The van der Waals surface area contributed by atoms with E-state index < -0.39 is 6.10 Å². The lowest BCUT2D eigenvalue weighted by Crippen LogP contribution is -2.35. The minimum absolute atomic E-state index is 0.0512. The van der Waals surface area contributed by atoms with E-state index in [1.165, 1.54) is 24.8 Å². The van der Waals surface area contributed by atoms with Crippen molar-refractivity contribution in [1.29, 1.82) is 0 Å². The lowest BCUT2D eigenvalue weighted by Gasteiger charge is -2.34. The molecule has 1 fully saturated rings. The third-order valence-electron chi connectivity index (χ3n) is 5.90. The zero-order chi connectivity index (χ0) is 21.5. The summed E-state index contributed by atoms with van der Waals surface area (Å²) < 4.78 is 7.13. The van der Waals surface area contributed by atoms with Crippen molar-refractivity contribution < 1.29 is 9.53 Å². The van der Waals surface area contributed by atoms with Crippen LogP contribution in [0.4, 0.5) is 0 Å². The molecule has 0 N–H and O–H groups in total. The van der Waals surface area contributed by atoms with E-state index in [0.717, 1.165) is 28.7 Å². The highest BCUT2D eigenvalue weighted by Crippen LogP contribution is 2.31. The van der Waals surface area contributed by atoms with Crippen LogP contribution >= 0.6 is 15.9 Å². The summed E-state index contributed by atoms with van der Waals surface area (Å²) in [4.78, 5) is 15.7. The van der Waals surface area contributed by atoms with Crippen LogP contribution in [0.1, 0.15) is 54.5 Å². The van der Waals surface area contributed by atoms with Crippen molar-refractivity contribution >= 4 is 21.9 Å². The van der Waals surface area contributed by atoms with Gasteiger partial charge in [0.2, 0.25) is 0 Å². The van der Waals surface area contributed by atoms with Gasteiger partial charge in [-0.25, -0.2) is 0 Å². The lowest BCUT2D eigenvalue weighted by molar-refractivity contribution is -0.149. The summed E-state index contributed by atoms with van der Waals surface area (Å²) >= 11 is 3.49. The number of hydrogen-bond donors (Lipinski definition) is 0. The highest BCUT2D eigenvalue weighted by molar-refractivity contribution is 9.10. The number of carbonyl (C=O) groups excluding carboxylic acids is 1. The lowest BCUT2D eigenvalue weighted by atomic mass is 9.98. The molecule has 1 saturated heterocycles. The van der Waals surface area contributed by atoms with E-state index >= 15 is 0 Å². The molecule has 0 amide bonds. The van der Waals surface area contributed by atoms with Gasteiger partial charge in [0.05, 0.1) is 6.42 Å². The van der Waals surface area contributed by atoms with E-state index in [4.69, 9.17) is 4.74 Å². The highest BCUT2D eigenvalue weighted by Gasteiger charge is 2.27. The van der Waals surface area contributed by atoms with Crippen LogP contribution in [0.5, 0.6) is 0 Å². The Kier molecular flexibility index (Phi) is 7.55. The maximum Gasteiger partial charge on any atom is 0.308 e. The summed E-state index contributed by atoms with van der Waals surface area (Å²) in [5, 5.41) is 0. The summed E-state index contributed by atoms with van der Waals surface area (Å²) in [6.07, 6.45) is 3.57. The van der Waals surface area contributed by atoms with Gasteiger partial charge < -0.3 is 4.74 Å². The zero-order valence-corrected chi connectivity index (χ0v) is 19.2. The van der Waals surface area contributed by atoms with Crippen molar-refractivity contribution in [2.24, 2.45) is 0 Å². The van der Waals surface area contributed by atoms with Crippen LogP contribution in [-0.4, -0.2) is 24.0 Å². The zero-order valence-electron chi connectivity index (χ0n) is 17.6. The first-order chi connectivity index (χ1) is 15.2. The molecule has 3 aromatic carbocycles. The maximum atomic E-state index is 13.2. The monoisotopic (exact) mass is 477 g/mol. The number of benzene rings is 3. The number of hydrogen-bond acceptors (Lipinski definition) is 3. The van der Waals surface area contributed by atoms with E-state index in [2.05, 4.69) is 33.0 Å². The molecule has 0 bridgehead atoms. The van der Waals surface area contributed by atoms with Gasteiger partial charge in [-0.3, -0.25) is 9.69 Å². The van der Waals surface area contributed by atoms with Crippen molar-refractivity contribution in [3.05, 3.63) is 106 Å². The summed E-state index contributed by atoms with van der Waals surface area (Å²) in [7, 11) is 0. The number of halogens is 1. The number of nitrogens with zero attached hydrogens (tertiary/aromatic N) is 1. The van der Waals surface area contributed by atoms with Gasteiger partial charge in [0.25, 0.3) is 0 Å². The predicted octanol–water partition coefficient (Wildman–Crippen LogP) is 6.70. The van der Waals surface area contributed by atoms with E-state index in [1.807, 2.05) is 72.8 Å². The molecule has 2 unspecified atom stereocenters. The molecule has 31 heavy (non-hydrogen) atoms. The van der Waals surface area contributed by atoms with Gasteiger partial charge in [0, 0.05) is 10.5 Å². The largest absolute Gasteiger partial charge is 0.452 e. The Bertz CT molecular complexity index is 954. The van der Waals surface area contributed by atoms with Crippen LogP contribution in [0.25, 0.3) is 0 Å². The molecule has 3 aromatic rings. The molecule has 0 aliphatic carbocycles. The molecule has 2 atom stereocenters. The van der Waals surface area contributed by atoms with E-state index in [0.29, 0.717) is 6.42 Å². The fraction of sp³-hybridized carbons (Fsp3) is 0.296. The fourth-order valence-electron chi connectivity index (χ4n) is 4.29. The van der Waals surface area contributed by atoms with Crippen molar-refractivity contribution in [2.45, 2.75) is 37.8 Å². The van der Waals surface area contributed by atoms with E-state index in [-0.39, 0.29) is 12.0 Å². The van der Waals surface area contributed by atoms with E-state index in [1.54, 1.807) is 0 Å². The number of piperidine rings is 1. The maximum absolute atomic E-state index is 13.2. The summed E-state index contributed by atoms with van der Waals surface area (Å²) in [5.41, 5.74) is 3.13. The molecular weight excluding hydrogens is 450 g/mol. The molecule has 4 heteroatoms. The quantitative estimate of drug-likeness (QED) is 0.354. The van der Waals surface area contributed by atoms with Gasteiger partial charge in [-0.05, 0) is 54.8 Å². The van der Waals surface area contributed by atoms with Crippen LogP contribution in [0, 0.1) is 0 Å². The number of likely N-dealkylation sites (tertiary alicyclic amines) is 1. The van der Waals surface area contributed by atoms with Crippen molar-refractivity contribution in [2.75, 3.05) is 13.1 Å². The standard InChI is InChI=1S/C27H28BrNO2/c28-24-16-14-23(15-17-24)27(22-12-6-2-7-13-22)31-26(30)20-25(21-10-4-1-5-11-21)29-18-8-3-9-19-29/h1-2,4-7,10-17,25,27H,3,8-9,18-20H2. The first-order valence-electron chi connectivity index (χ1n) is 11.0. The molecule has 1 aliphatic rings. The van der Waals surface area contributed by atoms with Gasteiger partial charge in [-0.2, -0.15) is 0 Å². The summed E-state index contributed by atoms with van der Waals surface area (Å²) in [6, 6.07) is 28.4. The second-order valence-electron chi connectivity index (χ2n) is 8.06. The second-order valence-corrected chi connectivity index (χ2v) is 8.98. The van der Waals surface area contributed by atoms with Gasteiger partial charge in [0.1, 0.15) is 0 Å². The summed E-state index contributed by atoms with van der Waals surface area (Å²) in [6.45, 7) is 2.06. The molecule has 0 aromatic heterocycles. The normalized spacial score (nSPS) is 16.4. The highest BCUT2D eigenvalue weighted by atomic mass is 79.9. The topological polar surface area (TPSA) is 29.5 Å². The number of ether oxygens (including phenoxy) is 1. The predicted molar refractivity (Wildman–Crippen MR) is 128 cm³/mol. The first kappa shape index (κ1) is 21.8. The van der Waals surface area contributed by atoms with Crippen LogP contribution in [0.15, 0.2) is 89.4 Å². The van der Waals surface area contributed by atoms with Crippen LogP contribution in [-0.2, 0) is 9.53 Å². The molecule has 0 spiro atoms. The van der Waals surface area contributed by atoms with E-state index in [9.17, 15) is 4.79 Å². The SMILES string of the molecule is O=C(CC(c1ccccc1)N1CCCCC1)OC(c1ccccc1)c1ccc(Br)cc1. The summed E-state index contributed by atoms with van der Waals surface area (Å²) in [5.74, 6) is -0.170. The second kappa shape index (κ2) is 10.7. The third-order valence-corrected chi connectivity index (χ3v) is 6.43. The van der Waals surface area contributed by atoms with Crippen LogP contribution in [0.2, 0.25) is 0 Å². The van der Waals surface area contributed by atoms with Gasteiger partial charge in [-0.15, -0.1) is 0 Å². The minimum atomic E-state index is -0.417. The Morgan fingerprint density at radius 3 is 1.94 bits per heavy atom. The Labute approximate surface area is 193 Å². The average molecular weight is 478 g/mol. The molecule has 160 valence electrons. The van der Waals surface area contributed by atoms with Gasteiger partial charge >= 0.3 is 5.97 Å². The molecule has 1 heterocycles. The first-order valence-corrected chi connectivity index (χ1v) is 11.8. The number of rotatable bonds is 7. The molecule has 1 aliphatic heterocycles. The number of carbonyl (C=O) groups is 1. The van der Waals surface area contributed by atoms with Gasteiger partial charge in [0.15, 0.2) is 6.10 Å².